The van der Waals surface area contributed by atoms with Crippen molar-refractivity contribution < 1.29 is 14.3 Å². The first-order valence-corrected chi connectivity index (χ1v) is 8.35. The van der Waals surface area contributed by atoms with E-state index in [0.717, 1.165) is 17.5 Å². The van der Waals surface area contributed by atoms with Gasteiger partial charge >= 0.3 is 0 Å². The highest BCUT2D eigenvalue weighted by Crippen LogP contribution is 2.16. The van der Waals surface area contributed by atoms with E-state index >= 15 is 0 Å². The van der Waals surface area contributed by atoms with Crippen LogP contribution in [0.3, 0.4) is 0 Å². The molecule has 0 aliphatic rings. The Morgan fingerprint density at radius 3 is 2.76 bits per heavy atom. The van der Waals surface area contributed by atoms with E-state index in [9.17, 15) is 9.90 Å². The Morgan fingerprint density at radius 2 is 2.00 bits per heavy atom. The lowest BCUT2D eigenvalue weighted by Gasteiger charge is -2.16. The smallest absolute Gasteiger partial charge is 0.251 e. The average Bonchev–Trinajstić information content (AvgIpc) is 3.00. The van der Waals surface area contributed by atoms with Gasteiger partial charge in [-0.15, -0.1) is 0 Å². The first kappa shape index (κ1) is 17.2. The predicted molar refractivity (Wildman–Crippen MR) is 96.2 cm³/mol. The molecular formula is C20H22N2O3. The van der Waals surface area contributed by atoms with Crippen LogP contribution in [0.5, 0.6) is 0 Å². The van der Waals surface area contributed by atoms with E-state index in [0.29, 0.717) is 23.5 Å². The van der Waals surface area contributed by atoms with Crippen molar-refractivity contribution in [1.29, 1.82) is 0 Å². The molecule has 130 valence electrons. The molecule has 3 aromatic rings. The molecular weight excluding hydrogens is 316 g/mol. The fourth-order valence-electron chi connectivity index (χ4n) is 2.57. The Balaban J connectivity index is 1.62. The number of rotatable bonds is 6. The molecule has 2 N–H and O–H groups in total. The first-order valence-electron chi connectivity index (χ1n) is 8.35. The zero-order valence-corrected chi connectivity index (χ0v) is 14.5. The van der Waals surface area contributed by atoms with Crippen LogP contribution < -0.4 is 5.32 Å². The van der Waals surface area contributed by atoms with Crippen LogP contribution in [-0.2, 0) is 13.0 Å². The number of aromatic nitrogens is 1. The molecule has 0 aliphatic carbocycles. The second-order valence-electron chi connectivity index (χ2n) is 6.77. The number of carbonyl (C=O) groups is 1. The van der Waals surface area contributed by atoms with Crippen LogP contribution in [0.25, 0.3) is 11.1 Å². The normalized spacial score (nSPS) is 11.6. The molecule has 1 amide bonds. The summed E-state index contributed by atoms with van der Waals surface area (Å²) in [4.78, 5) is 16.7. The highest BCUT2D eigenvalue weighted by molar-refractivity contribution is 5.94. The Hall–Kier alpha value is -2.66. The number of nitrogens with zero attached hydrogens (tertiary/aromatic N) is 1. The fourth-order valence-corrected chi connectivity index (χ4v) is 2.57. The minimum Gasteiger partial charge on any atom is -0.439 e. The number of hydrogen-bond donors (Lipinski definition) is 2. The monoisotopic (exact) mass is 338 g/mol. The molecule has 0 unspecified atom stereocenters. The summed E-state index contributed by atoms with van der Waals surface area (Å²) >= 11 is 0. The molecule has 0 aliphatic heterocycles. The van der Waals surface area contributed by atoms with Crippen LogP contribution >= 0.6 is 0 Å². The third kappa shape index (κ3) is 4.67. The number of benzene rings is 2. The van der Waals surface area contributed by atoms with Crippen molar-refractivity contribution in [2.24, 2.45) is 0 Å². The summed E-state index contributed by atoms with van der Waals surface area (Å²) in [5.41, 5.74) is 2.38. The lowest BCUT2D eigenvalue weighted by Crippen LogP contribution is -2.23. The molecule has 3 rings (SSSR count). The lowest BCUT2D eigenvalue weighted by atomic mass is 9.98. The molecule has 0 radical (unpaired) electrons. The van der Waals surface area contributed by atoms with Crippen molar-refractivity contribution >= 4 is 17.0 Å². The maximum absolute atomic E-state index is 12.4. The van der Waals surface area contributed by atoms with Gasteiger partial charge in [-0.2, -0.15) is 0 Å². The molecule has 1 aromatic heterocycles. The molecule has 1 heterocycles. The van der Waals surface area contributed by atoms with Crippen LogP contribution in [0.15, 0.2) is 52.9 Å². The van der Waals surface area contributed by atoms with Crippen LogP contribution in [0.1, 0.15) is 42.1 Å². The summed E-state index contributed by atoms with van der Waals surface area (Å²) in [7, 11) is 0. The maximum Gasteiger partial charge on any atom is 0.251 e. The van der Waals surface area contributed by atoms with Gasteiger partial charge in [0.15, 0.2) is 5.58 Å². The molecule has 2 aromatic carbocycles. The quantitative estimate of drug-likeness (QED) is 0.722. The van der Waals surface area contributed by atoms with E-state index in [2.05, 4.69) is 10.3 Å². The minimum atomic E-state index is -0.717. The Morgan fingerprint density at radius 1 is 1.20 bits per heavy atom. The van der Waals surface area contributed by atoms with Crippen molar-refractivity contribution in [1.82, 2.24) is 10.3 Å². The average molecular weight is 338 g/mol. The zero-order chi connectivity index (χ0) is 17.9. The molecule has 0 saturated heterocycles. The highest BCUT2D eigenvalue weighted by Gasteiger charge is 2.13. The van der Waals surface area contributed by atoms with E-state index in [1.807, 2.05) is 42.5 Å². The van der Waals surface area contributed by atoms with Gasteiger partial charge in [0.05, 0.1) is 12.1 Å². The number of aryl methyl sites for hydroxylation is 1. The second kappa shape index (κ2) is 7.07. The SMILES string of the molecule is CC(C)(O)CCc1cccc(C(=O)NCc2nc3ccccc3o2)c1. The van der Waals surface area contributed by atoms with Crippen molar-refractivity contribution in [3.63, 3.8) is 0 Å². The summed E-state index contributed by atoms with van der Waals surface area (Å²) in [5.74, 6) is 0.306. The summed E-state index contributed by atoms with van der Waals surface area (Å²) < 4.78 is 5.60. The van der Waals surface area contributed by atoms with Gasteiger partial charge in [0.2, 0.25) is 5.89 Å². The minimum absolute atomic E-state index is 0.174. The largest absolute Gasteiger partial charge is 0.439 e. The van der Waals surface area contributed by atoms with Gasteiger partial charge in [-0.1, -0.05) is 24.3 Å². The maximum atomic E-state index is 12.4. The standard InChI is InChI=1S/C20H22N2O3/c1-20(2,24)11-10-14-6-5-7-15(12-14)19(23)21-13-18-22-16-8-3-4-9-17(16)25-18/h3-9,12,24H,10-11,13H2,1-2H3,(H,21,23). The van der Waals surface area contributed by atoms with Gasteiger partial charge in [-0.05, 0) is 56.5 Å². The highest BCUT2D eigenvalue weighted by atomic mass is 16.3. The van der Waals surface area contributed by atoms with Gasteiger partial charge < -0.3 is 14.8 Å². The summed E-state index contributed by atoms with van der Waals surface area (Å²) in [6.45, 7) is 3.80. The predicted octanol–water partition coefficient (Wildman–Crippen LogP) is 3.46. The van der Waals surface area contributed by atoms with Crippen LogP contribution in [0.4, 0.5) is 0 Å². The third-order valence-corrected chi connectivity index (χ3v) is 3.95. The number of hydrogen-bond acceptors (Lipinski definition) is 4. The number of aliphatic hydroxyl groups is 1. The number of oxazole rings is 1. The van der Waals surface area contributed by atoms with Crippen molar-refractivity contribution in [3.8, 4) is 0 Å². The number of amides is 1. The zero-order valence-electron chi connectivity index (χ0n) is 14.5. The second-order valence-corrected chi connectivity index (χ2v) is 6.77. The molecule has 0 bridgehead atoms. The molecule has 0 saturated carbocycles. The van der Waals surface area contributed by atoms with Crippen molar-refractivity contribution in [2.75, 3.05) is 0 Å². The van der Waals surface area contributed by atoms with Gasteiger partial charge in [0.25, 0.3) is 5.91 Å². The first-order chi connectivity index (χ1) is 11.9. The molecule has 0 fully saturated rings. The van der Waals surface area contributed by atoms with E-state index in [4.69, 9.17) is 4.42 Å². The molecule has 5 heteroatoms. The van der Waals surface area contributed by atoms with E-state index in [1.165, 1.54) is 0 Å². The Bertz CT molecular complexity index is 845. The van der Waals surface area contributed by atoms with Crippen LogP contribution in [0, 0.1) is 0 Å². The van der Waals surface area contributed by atoms with Crippen LogP contribution in [0.2, 0.25) is 0 Å². The Labute approximate surface area is 146 Å². The van der Waals surface area contributed by atoms with E-state index in [1.54, 1.807) is 19.9 Å². The van der Waals surface area contributed by atoms with Crippen LogP contribution in [-0.4, -0.2) is 21.6 Å². The summed E-state index contributed by atoms with van der Waals surface area (Å²) in [6.07, 6.45) is 1.36. The van der Waals surface area contributed by atoms with E-state index in [-0.39, 0.29) is 12.5 Å². The number of nitrogens with one attached hydrogen (secondary N) is 1. The molecule has 25 heavy (non-hydrogen) atoms. The lowest BCUT2D eigenvalue weighted by molar-refractivity contribution is 0.0714. The fraction of sp³-hybridized carbons (Fsp3) is 0.300. The van der Waals surface area contributed by atoms with Crippen molar-refractivity contribution in [2.45, 2.75) is 38.8 Å². The number of carbonyl (C=O) groups excluding carboxylic acids is 1. The molecule has 0 atom stereocenters. The Kier molecular flexibility index (Phi) is 4.86. The van der Waals surface area contributed by atoms with Gasteiger partial charge in [0.1, 0.15) is 5.52 Å². The topological polar surface area (TPSA) is 75.4 Å². The number of fused-ring (bicyclic) bond motifs is 1. The van der Waals surface area contributed by atoms with Crippen molar-refractivity contribution in [3.05, 3.63) is 65.5 Å². The van der Waals surface area contributed by atoms with Gasteiger partial charge in [-0.25, -0.2) is 4.98 Å². The molecule has 5 nitrogen and oxygen atoms in total. The number of para-hydroxylation sites is 2. The summed E-state index contributed by atoms with van der Waals surface area (Å²) in [5, 5.41) is 12.7. The molecule has 0 spiro atoms. The third-order valence-electron chi connectivity index (χ3n) is 3.95. The summed E-state index contributed by atoms with van der Waals surface area (Å²) in [6, 6.07) is 14.9. The van der Waals surface area contributed by atoms with E-state index < -0.39 is 5.60 Å². The van der Waals surface area contributed by atoms with Gasteiger partial charge in [-0.3, -0.25) is 4.79 Å². The van der Waals surface area contributed by atoms with Gasteiger partial charge in [0, 0.05) is 5.56 Å².